The fourth-order valence-corrected chi connectivity index (χ4v) is 0.667. The van der Waals surface area contributed by atoms with Gasteiger partial charge in [0, 0.05) is 13.3 Å². The zero-order valence-corrected chi connectivity index (χ0v) is 8.62. The molecule has 13 heavy (non-hydrogen) atoms. The lowest BCUT2D eigenvalue weighted by Gasteiger charge is -1.87. The van der Waals surface area contributed by atoms with Crippen molar-refractivity contribution in [2.75, 3.05) is 7.05 Å². The van der Waals surface area contributed by atoms with Crippen molar-refractivity contribution in [1.29, 1.82) is 0 Å². The second-order valence-corrected chi connectivity index (χ2v) is 2.79. The molecular weight excluding hydrogens is 158 g/mol. The van der Waals surface area contributed by atoms with Crippen molar-refractivity contribution in [3.8, 4) is 0 Å². The van der Waals surface area contributed by atoms with Crippen molar-refractivity contribution in [2.24, 2.45) is 4.99 Å². The topological polar surface area (TPSA) is 12.4 Å². The summed E-state index contributed by atoms with van der Waals surface area (Å²) in [5.74, 6) is 0. The van der Waals surface area contributed by atoms with Crippen LogP contribution in [0.5, 0.6) is 0 Å². The molecule has 70 valence electrons. The minimum atomic E-state index is 1.16. The molecule has 0 bridgehead atoms. The van der Waals surface area contributed by atoms with Crippen LogP contribution in [0.4, 0.5) is 0 Å². The Morgan fingerprint density at radius 1 is 1.15 bits per heavy atom. The summed E-state index contributed by atoms with van der Waals surface area (Å²) in [4.78, 5) is 3.87. The lowest BCUT2D eigenvalue weighted by Crippen LogP contribution is -1.70. The Morgan fingerprint density at radius 2 is 1.85 bits per heavy atom. The normalized spacial score (nSPS) is 14.4. The van der Waals surface area contributed by atoms with Gasteiger partial charge in [0.2, 0.25) is 0 Å². The summed E-state index contributed by atoms with van der Waals surface area (Å²) >= 11 is 0. The zero-order chi connectivity index (χ0) is 10.1. The number of nitrogens with zero attached hydrogens (tertiary/aromatic N) is 1. The minimum Gasteiger partial charge on any atom is -0.297 e. The Bertz CT molecular complexity index is 265. The second kappa shape index (κ2) is 7.29. The molecule has 0 aliphatic carbocycles. The second-order valence-electron chi connectivity index (χ2n) is 2.79. The van der Waals surface area contributed by atoms with Crippen LogP contribution in [0.3, 0.4) is 0 Å². The fourth-order valence-electron chi connectivity index (χ4n) is 0.667. The predicted octanol–water partition coefficient (Wildman–Crippen LogP) is 3.32. The van der Waals surface area contributed by atoms with E-state index in [2.05, 4.69) is 11.6 Å². The number of hydrogen-bond donors (Lipinski definition) is 0. The van der Waals surface area contributed by atoms with Gasteiger partial charge in [0.25, 0.3) is 0 Å². The van der Waals surface area contributed by atoms with Gasteiger partial charge < -0.3 is 0 Å². The molecule has 0 unspecified atom stereocenters. The van der Waals surface area contributed by atoms with Crippen LogP contribution in [-0.4, -0.2) is 13.3 Å². The molecule has 0 N–H and O–H groups in total. The van der Waals surface area contributed by atoms with Gasteiger partial charge >= 0.3 is 0 Å². The Labute approximate surface area is 80.9 Å². The largest absolute Gasteiger partial charge is 0.297 e. The van der Waals surface area contributed by atoms with E-state index in [0.29, 0.717) is 0 Å². The molecule has 0 rings (SSSR count). The maximum absolute atomic E-state index is 3.87. The summed E-state index contributed by atoms with van der Waals surface area (Å²) in [5.41, 5.74) is 2.34. The average molecular weight is 175 g/mol. The molecule has 0 atom stereocenters. The third-order valence-corrected chi connectivity index (χ3v) is 1.53. The van der Waals surface area contributed by atoms with Crippen LogP contribution in [0.1, 0.15) is 13.8 Å². The first-order chi connectivity index (χ1) is 6.20. The summed E-state index contributed by atoms with van der Waals surface area (Å²) < 4.78 is 0. The molecule has 0 spiro atoms. The van der Waals surface area contributed by atoms with Gasteiger partial charge in [0.05, 0.1) is 0 Å². The van der Waals surface area contributed by atoms with Crippen molar-refractivity contribution in [3.63, 3.8) is 0 Å². The minimum absolute atomic E-state index is 1.16. The molecular formula is C12H17N. The SMILES string of the molecule is C=C/C(C)=C/C=C/C(C)=C/C=NC. The first kappa shape index (κ1) is 11.6. The Hall–Kier alpha value is -1.37. The van der Waals surface area contributed by atoms with Crippen LogP contribution in [0.2, 0.25) is 0 Å². The van der Waals surface area contributed by atoms with E-state index in [1.165, 1.54) is 5.57 Å². The lowest BCUT2D eigenvalue weighted by atomic mass is 10.2. The molecule has 0 amide bonds. The van der Waals surface area contributed by atoms with E-state index in [9.17, 15) is 0 Å². The first-order valence-corrected chi connectivity index (χ1v) is 4.27. The fraction of sp³-hybridized carbons (Fsp3) is 0.250. The van der Waals surface area contributed by atoms with Gasteiger partial charge in [-0.25, -0.2) is 0 Å². The van der Waals surface area contributed by atoms with E-state index in [4.69, 9.17) is 0 Å². The smallest absolute Gasteiger partial charge is 0.0277 e. The van der Waals surface area contributed by atoms with Crippen LogP contribution >= 0.6 is 0 Å². The third-order valence-electron chi connectivity index (χ3n) is 1.53. The van der Waals surface area contributed by atoms with Crippen molar-refractivity contribution in [3.05, 3.63) is 48.1 Å². The van der Waals surface area contributed by atoms with Gasteiger partial charge in [0.15, 0.2) is 0 Å². The third kappa shape index (κ3) is 7.01. The van der Waals surface area contributed by atoms with Crippen LogP contribution < -0.4 is 0 Å². The molecule has 0 aliphatic heterocycles. The zero-order valence-electron chi connectivity index (χ0n) is 8.62. The molecule has 0 radical (unpaired) electrons. The highest BCUT2D eigenvalue weighted by molar-refractivity contribution is 5.72. The molecule has 0 saturated heterocycles. The standard InChI is InChI=1S/C12H17N/c1-5-11(2)7-6-8-12(3)9-10-13-4/h5-10H,1H2,2-4H3/b8-6+,11-7+,12-9+,13-10?. The van der Waals surface area contributed by atoms with Gasteiger partial charge in [-0.3, -0.25) is 4.99 Å². The Balaban J connectivity index is 4.20. The molecule has 0 aromatic rings. The van der Waals surface area contributed by atoms with E-state index < -0.39 is 0 Å². The van der Waals surface area contributed by atoms with Crippen LogP contribution in [-0.2, 0) is 0 Å². The molecule has 1 nitrogen and oxygen atoms in total. The number of aliphatic imine (C=N–C) groups is 1. The number of hydrogen-bond acceptors (Lipinski definition) is 1. The highest BCUT2D eigenvalue weighted by atomic mass is 14.6. The van der Waals surface area contributed by atoms with Gasteiger partial charge in [-0.1, -0.05) is 36.5 Å². The van der Waals surface area contributed by atoms with Gasteiger partial charge in [-0.15, -0.1) is 0 Å². The van der Waals surface area contributed by atoms with E-state index >= 15 is 0 Å². The van der Waals surface area contributed by atoms with E-state index in [-0.39, 0.29) is 0 Å². The van der Waals surface area contributed by atoms with Crippen molar-refractivity contribution in [2.45, 2.75) is 13.8 Å². The molecule has 0 fully saturated rings. The van der Waals surface area contributed by atoms with E-state index in [1.807, 2.05) is 44.2 Å². The van der Waals surface area contributed by atoms with Gasteiger partial charge in [-0.05, 0) is 25.5 Å². The van der Waals surface area contributed by atoms with Crippen molar-refractivity contribution >= 4 is 6.21 Å². The predicted molar refractivity (Wildman–Crippen MR) is 61.3 cm³/mol. The molecule has 0 aliphatic rings. The van der Waals surface area contributed by atoms with Crippen LogP contribution in [0, 0.1) is 0 Å². The van der Waals surface area contributed by atoms with Gasteiger partial charge in [-0.2, -0.15) is 0 Å². The van der Waals surface area contributed by atoms with E-state index in [1.54, 1.807) is 13.3 Å². The van der Waals surface area contributed by atoms with E-state index in [0.717, 1.165) is 5.57 Å². The summed E-state index contributed by atoms with van der Waals surface area (Å²) in [6, 6.07) is 0. The van der Waals surface area contributed by atoms with Crippen LogP contribution in [0.15, 0.2) is 53.1 Å². The van der Waals surface area contributed by atoms with Gasteiger partial charge in [0.1, 0.15) is 0 Å². The lowest BCUT2D eigenvalue weighted by molar-refractivity contribution is 1.46. The monoisotopic (exact) mass is 175 g/mol. The Morgan fingerprint density at radius 3 is 2.38 bits per heavy atom. The molecule has 1 heteroatoms. The van der Waals surface area contributed by atoms with Crippen molar-refractivity contribution < 1.29 is 0 Å². The summed E-state index contributed by atoms with van der Waals surface area (Å²) in [7, 11) is 1.76. The average Bonchev–Trinajstić information content (AvgIpc) is 2.14. The molecule has 0 heterocycles. The highest BCUT2D eigenvalue weighted by Crippen LogP contribution is 1.97. The summed E-state index contributed by atoms with van der Waals surface area (Å²) in [5, 5.41) is 0. The summed E-state index contributed by atoms with van der Waals surface area (Å²) in [6.45, 7) is 7.72. The number of rotatable bonds is 4. The quantitative estimate of drug-likeness (QED) is 0.459. The number of allylic oxidation sites excluding steroid dienone is 7. The molecule has 0 aromatic heterocycles. The maximum atomic E-state index is 3.87. The first-order valence-electron chi connectivity index (χ1n) is 4.27. The molecule has 0 aromatic carbocycles. The summed E-state index contributed by atoms with van der Waals surface area (Å²) in [6.07, 6.45) is 11.6. The Kier molecular flexibility index (Phi) is 6.52. The van der Waals surface area contributed by atoms with Crippen LogP contribution in [0.25, 0.3) is 0 Å². The van der Waals surface area contributed by atoms with Crippen molar-refractivity contribution in [1.82, 2.24) is 0 Å². The molecule has 0 saturated carbocycles. The highest BCUT2D eigenvalue weighted by Gasteiger charge is 1.77. The maximum Gasteiger partial charge on any atom is 0.0277 e.